The van der Waals surface area contributed by atoms with Gasteiger partial charge in [0.05, 0.1) is 17.8 Å². The minimum Gasteiger partial charge on any atom is -0.438 e. The Morgan fingerprint density at radius 1 is 0.972 bits per heavy atom. The molecule has 0 N–H and O–H groups in total. The first kappa shape index (κ1) is 23.5. The maximum Gasteiger partial charge on any atom is 0.254 e. The molecular formula is C30H30N4O2. The fraction of sp³-hybridized carbons (Fsp3) is 0.233. The normalized spacial score (nSPS) is 12.7. The molecule has 6 nitrogen and oxygen atoms in total. The van der Waals surface area contributed by atoms with Crippen LogP contribution < -0.4 is 9.64 Å². The van der Waals surface area contributed by atoms with Gasteiger partial charge in [0.25, 0.3) is 5.91 Å². The third kappa shape index (κ3) is 5.08. The van der Waals surface area contributed by atoms with Gasteiger partial charge in [-0.2, -0.15) is 4.98 Å². The third-order valence-corrected chi connectivity index (χ3v) is 6.48. The van der Waals surface area contributed by atoms with Gasteiger partial charge in [0.2, 0.25) is 11.8 Å². The monoisotopic (exact) mass is 478 g/mol. The molecule has 3 aromatic carbocycles. The average molecular weight is 479 g/mol. The number of rotatable bonds is 6. The summed E-state index contributed by atoms with van der Waals surface area (Å²) < 4.78 is 6.34. The first-order valence-corrected chi connectivity index (χ1v) is 12.2. The lowest BCUT2D eigenvalue weighted by Gasteiger charge is -2.30. The fourth-order valence-electron chi connectivity index (χ4n) is 4.50. The van der Waals surface area contributed by atoms with Crippen LogP contribution in [0.4, 0.5) is 5.95 Å². The van der Waals surface area contributed by atoms with Crippen LogP contribution in [0.15, 0.2) is 78.9 Å². The number of carbonyl (C=O) groups is 1. The maximum atomic E-state index is 13.4. The molecule has 0 spiro atoms. The van der Waals surface area contributed by atoms with Crippen LogP contribution in [0.3, 0.4) is 0 Å². The van der Waals surface area contributed by atoms with E-state index in [1.54, 1.807) is 0 Å². The summed E-state index contributed by atoms with van der Waals surface area (Å²) in [6.07, 6.45) is 0.645. The van der Waals surface area contributed by atoms with E-state index in [2.05, 4.69) is 12.1 Å². The molecule has 1 aliphatic heterocycles. The average Bonchev–Trinajstić information content (AvgIpc) is 2.89. The van der Waals surface area contributed by atoms with E-state index < -0.39 is 0 Å². The zero-order chi connectivity index (χ0) is 25.1. The molecule has 0 aliphatic carbocycles. The number of benzene rings is 3. The Hall–Kier alpha value is -4.19. The second-order valence-electron chi connectivity index (χ2n) is 9.31. The molecule has 1 amide bonds. The van der Waals surface area contributed by atoms with Crippen molar-refractivity contribution in [2.24, 2.45) is 0 Å². The van der Waals surface area contributed by atoms with Gasteiger partial charge in [-0.05, 0) is 48.7 Å². The molecule has 0 bridgehead atoms. The van der Waals surface area contributed by atoms with Crippen molar-refractivity contribution in [2.75, 3.05) is 18.5 Å². The van der Waals surface area contributed by atoms with Crippen molar-refractivity contribution in [3.63, 3.8) is 0 Å². The van der Waals surface area contributed by atoms with E-state index in [4.69, 9.17) is 14.7 Å². The van der Waals surface area contributed by atoms with Gasteiger partial charge >= 0.3 is 0 Å². The quantitative estimate of drug-likeness (QED) is 0.355. The van der Waals surface area contributed by atoms with E-state index in [0.717, 1.165) is 33.7 Å². The van der Waals surface area contributed by atoms with Crippen molar-refractivity contribution in [3.05, 3.63) is 112 Å². The Morgan fingerprint density at radius 2 is 1.75 bits per heavy atom. The van der Waals surface area contributed by atoms with Crippen LogP contribution >= 0.6 is 0 Å². The number of aromatic nitrogens is 2. The SMILES string of the molecule is Cc1cccc(Oc2nc(N(C)Cc3ccccc3)nc3c2CN(C(=O)c2ccccc2C)CC3)c1. The molecule has 4 aromatic rings. The number of hydrogen-bond donors (Lipinski definition) is 0. The molecular weight excluding hydrogens is 448 g/mol. The molecule has 2 heterocycles. The van der Waals surface area contributed by atoms with Crippen LogP contribution in [-0.2, 0) is 19.5 Å². The van der Waals surface area contributed by atoms with Gasteiger partial charge in [-0.15, -0.1) is 0 Å². The largest absolute Gasteiger partial charge is 0.438 e. The van der Waals surface area contributed by atoms with E-state index in [1.165, 1.54) is 5.56 Å². The van der Waals surface area contributed by atoms with Gasteiger partial charge < -0.3 is 14.5 Å². The smallest absolute Gasteiger partial charge is 0.254 e. The lowest BCUT2D eigenvalue weighted by Crippen LogP contribution is -2.37. The maximum absolute atomic E-state index is 13.4. The highest BCUT2D eigenvalue weighted by Crippen LogP contribution is 2.32. The van der Waals surface area contributed by atoms with Crippen molar-refractivity contribution >= 4 is 11.9 Å². The molecule has 36 heavy (non-hydrogen) atoms. The number of ether oxygens (including phenoxy) is 1. The molecule has 0 saturated heterocycles. The van der Waals surface area contributed by atoms with Gasteiger partial charge in [-0.3, -0.25) is 4.79 Å². The number of aryl methyl sites for hydroxylation is 2. The second kappa shape index (κ2) is 10.2. The molecule has 1 aromatic heterocycles. The van der Waals surface area contributed by atoms with Crippen LogP contribution in [-0.4, -0.2) is 34.4 Å². The number of amides is 1. The summed E-state index contributed by atoms with van der Waals surface area (Å²) in [6, 6.07) is 25.9. The first-order chi connectivity index (χ1) is 17.5. The Morgan fingerprint density at radius 3 is 2.53 bits per heavy atom. The summed E-state index contributed by atoms with van der Waals surface area (Å²) in [5, 5.41) is 0. The van der Waals surface area contributed by atoms with Crippen molar-refractivity contribution < 1.29 is 9.53 Å². The van der Waals surface area contributed by atoms with Crippen LogP contribution in [0.2, 0.25) is 0 Å². The van der Waals surface area contributed by atoms with Gasteiger partial charge in [0.15, 0.2) is 0 Å². The molecule has 0 atom stereocenters. The minimum atomic E-state index is 0.0190. The van der Waals surface area contributed by atoms with Crippen LogP contribution in [0.25, 0.3) is 0 Å². The van der Waals surface area contributed by atoms with Gasteiger partial charge in [0, 0.05) is 32.1 Å². The molecule has 0 unspecified atom stereocenters. The number of carbonyl (C=O) groups excluding carboxylic acids is 1. The van der Waals surface area contributed by atoms with Gasteiger partial charge in [0.1, 0.15) is 5.75 Å². The number of fused-ring (bicyclic) bond motifs is 1. The molecule has 5 rings (SSSR count). The standard InChI is InChI=1S/C30H30N4O2/c1-21-10-9-14-24(18-21)36-28-26-20-34(29(35)25-15-8-7-11-22(25)2)17-16-27(26)31-30(32-28)33(3)19-23-12-5-4-6-13-23/h4-15,18H,16-17,19-20H2,1-3H3. The van der Waals surface area contributed by atoms with E-state index in [-0.39, 0.29) is 5.91 Å². The molecule has 182 valence electrons. The molecule has 1 aliphatic rings. The van der Waals surface area contributed by atoms with Crippen LogP contribution in [0.1, 0.15) is 38.3 Å². The Kier molecular flexibility index (Phi) is 6.67. The molecule has 0 saturated carbocycles. The van der Waals surface area contributed by atoms with Crippen molar-refractivity contribution in [3.8, 4) is 11.6 Å². The minimum absolute atomic E-state index is 0.0190. The van der Waals surface area contributed by atoms with E-state index >= 15 is 0 Å². The summed E-state index contributed by atoms with van der Waals surface area (Å²) in [6.45, 7) is 5.69. The summed E-state index contributed by atoms with van der Waals surface area (Å²) in [5.41, 5.74) is 5.77. The Bertz CT molecular complexity index is 1390. The second-order valence-corrected chi connectivity index (χ2v) is 9.31. The first-order valence-electron chi connectivity index (χ1n) is 12.2. The lowest BCUT2D eigenvalue weighted by molar-refractivity contribution is 0.0731. The van der Waals surface area contributed by atoms with E-state index in [0.29, 0.717) is 37.9 Å². The predicted molar refractivity (Wildman–Crippen MR) is 141 cm³/mol. The molecule has 0 fully saturated rings. The highest BCUT2D eigenvalue weighted by Gasteiger charge is 2.28. The van der Waals surface area contributed by atoms with Crippen LogP contribution in [0.5, 0.6) is 11.6 Å². The summed E-state index contributed by atoms with van der Waals surface area (Å²) in [7, 11) is 1.99. The Labute approximate surface area is 212 Å². The molecule has 6 heteroatoms. The van der Waals surface area contributed by atoms with Crippen molar-refractivity contribution in [1.29, 1.82) is 0 Å². The lowest BCUT2D eigenvalue weighted by atomic mass is 10.0. The number of hydrogen-bond acceptors (Lipinski definition) is 5. The topological polar surface area (TPSA) is 58.6 Å². The van der Waals surface area contributed by atoms with Crippen molar-refractivity contribution in [1.82, 2.24) is 14.9 Å². The third-order valence-electron chi connectivity index (χ3n) is 6.48. The summed E-state index contributed by atoms with van der Waals surface area (Å²) >= 11 is 0. The Balaban J connectivity index is 1.49. The predicted octanol–water partition coefficient (Wildman–Crippen LogP) is 5.72. The zero-order valence-corrected chi connectivity index (χ0v) is 20.9. The van der Waals surface area contributed by atoms with Gasteiger partial charge in [-0.25, -0.2) is 4.98 Å². The summed E-state index contributed by atoms with van der Waals surface area (Å²) in [4.78, 5) is 27.0. The highest BCUT2D eigenvalue weighted by atomic mass is 16.5. The number of nitrogens with zero attached hydrogens (tertiary/aromatic N) is 4. The highest BCUT2D eigenvalue weighted by molar-refractivity contribution is 5.95. The summed E-state index contributed by atoms with van der Waals surface area (Å²) in [5.74, 6) is 1.85. The van der Waals surface area contributed by atoms with Gasteiger partial charge in [-0.1, -0.05) is 60.7 Å². The van der Waals surface area contributed by atoms with E-state index in [1.807, 2.05) is 97.4 Å². The fourth-order valence-corrected chi connectivity index (χ4v) is 4.50. The number of anilines is 1. The van der Waals surface area contributed by atoms with Crippen LogP contribution in [0, 0.1) is 13.8 Å². The molecule has 0 radical (unpaired) electrons. The van der Waals surface area contributed by atoms with Crippen molar-refractivity contribution in [2.45, 2.75) is 33.4 Å². The van der Waals surface area contributed by atoms with E-state index in [9.17, 15) is 4.79 Å². The zero-order valence-electron chi connectivity index (χ0n) is 20.9.